The van der Waals surface area contributed by atoms with Gasteiger partial charge in [0.05, 0.1) is 18.2 Å². The number of benzene rings is 2. The van der Waals surface area contributed by atoms with E-state index in [1.165, 1.54) is 12.1 Å². The number of aliphatic hydroxyl groups is 1. The van der Waals surface area contributed by atoms with Crippen LogP contribution in [0, 0.1) is 5.82 Å². The Morgan fingerprint density at radius 2 is 2.05 bits per heavy atom. The predicted molar refractivity (Wildman–Crippen MR) is 80.8 cm³/mol. The fraction of sp³-hybridized carbons (Fsp3) is 0.200. The molecule has 106 valence electrons. The van der Waals surface area contributed by atoms with Crippen molar-refractivity contribution in [2.24, 2.45) is 0 Å². The summed E-state index contributed by atoms with van der Waals surface area (Å²) in [6.45, 7) is 0. The first-order valence-corrected chi connectivity index (χ1v) is 7.14. The van der Waals surface area contributed by atoms with E-state index in [0.29, 0.717) is 23.3 Å². The molecule has 0 aliphatic rings. The van der Waals surface area contributed by atoms with E-state index >= 15 is 0 Å². The second kappa shape index (κ2) is 6.57. The summed E-state index contributed by atoms with van der Waals surface area (Å²) in [6, 6.07) is 9.87. The van der Waals surface area contributed by atoms with Crippen LogP contribution in [0.25, 0.3) is 0 Å². The number of rotatable bonds is 4. The molecule has 2 rings (SSSR count). The molecule has 0 spiro atoms. The summed E-state index contributed by atoms with van der Waals surface area (Å²) in [6.07, 6.45) is -0.472. The van der Waals surface area contributed by atoms with Crippen molar-refractivity contribution in [1.82, 2.24) is 0 Å². The number of ether oxygens (including phenoxy) is 1. The van der Waals surface area contributed by atoms with Gasteiger partial charge in [0.1, 0.15) is 11.6 Å². The van der Waals surface area contributed by atoms with Crippen LogP contribution >= 0.6 is 27.5 Å². The van der Waals surface area contributed by atoms with Gasteiger partial charge in [-0.3, -0.25) is 0 Å². The standard InChI is InChI=1S/C15H13BrClFO2/c1-20-10-3-4-12(16)11(8-10)15(19)7-9-2-5-13(17)14(18)6-9/h2-6,8,15,19H,7H2,1H3. The molecule has 0 amide bonds. The molecule has 0 saturated heterocycles. The number of hydrogen-bond acceptors (Lipinski definition) is 2. The molecule has 0 saturated carbocycles. The normalized spacial score (nSPS) is 12.2. The van der Waals surface area contributed by atoms with Crippen molar-refractivity contribution in [3.63, 3.8) is 0 Å². The van der Waals surface area contributed by atoms with E-state index in [0.717, 1.165) is 4.47 Å². The third kappa shape index (κ3) is 3.51. The lowest BCUT2D eigenvalue weighted by Gasteiger charge is -2.14. The highest BCUT2D eigenvalue weighted by atomic mass is 79.9. The topological polar surface area (TPSA) is 29.5 Å². The summed E-state index contributed by atoms with van der Waals surface area (Å²) in [4.78, 5) is 0. The van der Waals surface area contributed by atoms with Gasteiger partial charge >= 0.3 is 0 Å². The summed E-state index contributed by atoms with van der Waals surface area (Å²) in [7, 11) is 1.56. The minimum absolute atomic E-state index is 0.0748. The van der Waals surface area contributed by atoms with E-state index in [1.54, 1.807) is 31.4 Å². The molecule has 2 aromatic carbocycles. The van der Waals surface area contributed by atoms with Crippen LogP contribution in [0.2, 0.25) is 5.02 Å². The highest BCUT2D eigenvalue weighted by molar-refractivity contribution is 9.10. The molecule has 2 nitrogen and oxygen atoms in total. The molecular weight excluding hydrogens is 347 g/mol. The third-order valence-corrected chi connectivity index (χ3v) is 4.00. The largest absolute Gasteiger partial charge is 0.497 e. The molecule has 5 heteroatoms. The van der Waals surface area contributed by atoms with Crippen molar-refractivity contribution >= 4 is 27.5 Å². The quantitative estimate of drug-likeness (QED) is 0.869. The van der Waals surface area contributed by atoms with E-state index in [2.05, 4.69) is 15.9 Å². The predicted octanol–water partition coefficient (Wildman–Crippen LogP) is 4.53. The zero-order valence-electron chi connectivity index (χ0n) is 10.7. The van der Waals surface area contributed by atoms with E-state index in [4.69, 9.17) is 16.3 Å². The van der Waals surface area contributed by atoms with Gasteiger partial charge in [0.15, 0.2) is 0 Å². The average molecular weight is 360 g/mol. The number of aliphatic hydroxyl groups excluding tert-OH is 1. The minimum Gasteiger partial charge on any atom is -0.497 e. The first kappa shape index (κ1) is 15.3. The van der Waals surface area contributed by atoms with Crippen LogP contribution in [-0.2, 0) is 6.42 Å². The van der Waals surface area contributed by atoms with E-state index in [1.807, 2.05) is 0 Å². The highest BCUT2D eigenvalue weighted by Crippen LogP contribution is 2.30. The van der Waals surface area contributed by atoms with Gasteiger partial charge in [-0.2, -0.15) is 0 Å². The van der Waals surface area contributed by atoms with Gasteiger partial charge in [0.2, 0.25) is 0 Å². The Labute approximate surface area is 130 Å². The molecule has 0 radical (unpaired) electrons. The number of hydrogen-bond donors (Lipinski definition) is 1. The molecule has 0 aliphatic heterocycles. The maximum atomic E-state index is 13.4. The van der Waals surface area contributed by atoms with Gasteiger partial charge in [-0.25, -0.2) is 4.39 Å². The zero-order valence-corrected chi connectivity index (χ0v) is 13.1. The first-order valence-electron chi connectivity index (χ1n) is 5.96. The summed E-state index contributed by atoms with van der Waals surface area (Å²) in [5.41, 5.74) is 1.37. The van der Waals surface area contributed by atoms with Crippen molar-refractivity contribution in [3.8, 4) is 5.75 Å². The third-order valence-electron chi connectivity index (χ3n) is 2.98. The molecule has 0 aromatic heterocycles. The summed E-state index contributed by atoms with van der Waals surface area (Å²) in [5, 5.41) is 10.4. The lowest BCUT2D eigenvalue weighted by atomic mass is 10.0. The van der Waals surface area contributed by atoms with E-state index < -0.39 is 11.9 Å². The zero-order chi connectivity index (χ0) is 14.7. The molecule has 20 heavy (non-hydrogen) atoms. The second-order valence-corrected chi connectivity index (χ2v) is 5.62. The molecule has 0 fully saturated rings. The molecule has 0 heterocycles. The van der Waals surface area contributed by atoms with Crippen molar-refractivity contribution in [2.75, 3.05) is 7.11 Å². The number of halogens is 3. The van der Waals surface area contributed by atoms with Crippen molar-refractivity contribution < 1.29 is 14.2 Å². The van der Waals surface area contributed by atoms with Gasteiger partial charge in [0, 0.05) is 10.9 Å². The van der Waals surface area contributed by atoms with Crippen LogP contribution in [-0.4, -0.2) is 12.2 Å². The van der Waals surface area contributed by atoms with E-state index in [-0.39, 0.29) is 5.02 Å². The Morgan fingerprint density at radius 1 is 1.30 bits per heavy atom. The van der Waals surface area contributed by atoms with Crippen LogP contribution < -0.4 is 4.74 Å². The molecule has 0 bridgehead atoms. The maximum Gasteiger partial charge on any atom is 0.142 e. The molecule has 2 aromatic rings. The monoisotopic (exact) mass is 358 g/mol. The fourth-order valence-electron chi connectivity index (χ4n) is 1.90. The first-order chi connectivity index (χ1) is 9.51. The lowest BCUT2D eigenvalue weighted by molar-refractivity contribution is 0.177. The fourth-order valence-corrected chi connectivity index (χ4v) is 2.53. The summed E-state index contributed by atoms with van der Waals surface area (Å²) in [5.74, 6) is 0.172. The Balaban J connectivity index is 2.23. The van der Waals surface area contributed by atoms with Crippen LogP contribution in [0.5, 0.6) is 5.75 Å². The molecular formula is C15H13BrClFO2. The SMILES string of the molecule is COc1ccc(Br)c(C(O)Cc2ccc(Cl)c(F)c2)c1. The maximum absolute atomic E-state index is 13.4. The van der Waals surface area contributed by atoms with Gasteiger partial charge in [-0.15, -0.1) is 0 Å². The van der Waals surface area contributed by atoms with Crippen molar-refractivity contribution in [2.45, 2.75) is 12.5 Å². The highest BCUT2D eigenvalue weighted by Gasteiger charge is 2.14. The average Bonchev–Trinajstić information content (AvgIpc) is 2.43. The van der Waals surface area contributed by atoms with Crippen molar-refractivity contribution in [3.05, 3.63) is 62.8 Å². The van der Waals surface area contributed by atoms with Crippen LogP contribution in [0.4, 0.5) is 4.39 Å². The van der Waals surface area contributed by atoms with Crippen molar-refractivity contribution in [1.29, 1.82) is 0 Å². The second-order valence-electron chi connectivity index (χ2n) is 4.36. The van der Waals surface area contributed by atoms with E-state index in [9.17, 15) is 9.50 Å². The number of methoxy groups -OCH3 is 1. The molecule has 1 atom stereocenters. The van der Waals surface area contributed by atoms with Crippen LogP contribution in [0.15, 0.2) is 40.9 Å². The van der Waals surface area contributed by atoms with Gasteiger partial charge in [-0.1, -0.05) is 33.6 Å². The Morgan fingerprint density at radius 3 is 2.70 bits per heavy atom. The molecule has 1 N–H and O–H groups in total. The van der Waals surface area contributed by atoms with Gasteiger partial charge in [0.25, 0.3) is 0 Å². The lowest BCUT2D eigenvalue weighted by Crippen LogP contribution is -2.03. The summed E-state index contributed by atoms with van der Waals surface area (Å²) >= 11 is 9.03. The minimum atomic E-state index is -0.764. The van der Waals surface area contributed by atoms with Gasteiger partial charge in [-0.05, 0) is 41.5 Å². The smallest absolute Gasteiger partial charge is 0.142 e. The summed E-state index contributed by atoms with van der Waals surface area (Å²) < 4.78 is 19.3. The Bertz CT molecular complexity index is 619. The Hall–Kier alpha value is -1.10. The Kier molecular flexibility index (Phi) is 5.02. The van der Waals surface area contributed by atoms with Crippen LogP contribution in [0.1, 0.15) is 17.2 Å². The van der Waals surface area contributed by atoms with Crippen LogP contribution in [0.3, 0.4) is 0 Å². The molecule has 1 unspecified atom stereocenters. The van der Waals surface area contributed by atoms with Gasteiger partial charge < -0.3 is 9.84 Å². The molecule has 0 aliphatic carbocycles.